The first-order chi connectivity index (χ1) is 15.1. The van der Waals surface area contributed by atoms with Gasteiger partial charge in [0.15, 0.2) is 5.96 Å². The third-order valence-corrected chi connectivity index (χ3v) is 5.58. The number of rotatable bonds is 7. The van der Waals surface area contributed by atoms with Crippen LogP contribution in [0.15, 0.2) is 46.2 Å². The molecule has 10 heteroatoms. The molecule has 0 aliphatic carbocycles. The van der Waals surface area contributed by atoms with Gasteiger partial charge in [-0.1, -0.05) is 28.9 Å². The fraction of sp³-hybridized carbons (Fsp3) is 0.455. The Morgan fingerprint density at radius 1 is 1.38 bits per heavy atom. The summed E-state index contributed by atoms with van der Waals surface area (Å²) in [5.41, 5.74) is 2.14. The maximum Gasteiger partial charge on any atom is 0.228 e. The molecule has 0 spiro atoms. The molecule has 1 unspecified atom stereocenters. The Kier molecular flexibility index (Phi) is 8.92. The van der Waals surface area contributed by atoms with Crippen molar-refractivity contribution in [3.63, 3.8) is 0 Å². The molecule has 1 atom stereocenters. The normalized spacial score (nSPS) is 16.3. The number of likely N-dealkylation sites (tertiary alicyclic amines) is 1. The summed E-state index contributed by atoms with van der Waals surface area (Å²) >= 11 is 6.05. The van der Waals surface area contributed by atoms with Crippen LogP contribution in [0.25, 0.3) is 11.4 Å². The standard InChI is InChI=1S/C22H28ClN7O.HI/c1-3-24-22(30-10-8-16(15-30)11-17-13-26-29(2)14-17)25-9-7-20-27-21(28-31-20)18-5-4-6-19(23)12-18;/h4-6,12-14,16H,3,7-11,15H2,1-2H3,(H,24,25);1H. The Morgan fingerprint density at radius 3 is 3.00 bits per heavy atom. The fourth-order valence-corrected chi connectivity index (χ4v) is 4.08. The zero-order chi connectivity index (χ0) is 21.6. The van der Waals surface area contributed by atoms with Gasteiger partial charge in [0.1, 0.15) is 0 Å². The van der Waals surface area contributed by atoms with Crippen LogP contribution in [0.5, 0.6) is 0 Å². The molecular weight excluding hydrogens is 541 g/mol. The van der Waals surface area contributed by atoms with E-state index in [1.165, 1.54) is 5.56 Å². The Balaban J connectivity index is 0.00000289. The summed E-state index contributed by atoms with van der Waals surface area (Å²) in [6.07, 6.45) is 6.87. The molecule has 3 aromatic rings. The molecule has 0 saturated carbocycles. The van der Waals surface area contributed by atoms with Crippen molar-refractivity contribution in [1.82, 2.24) is 30.1 Å². The van der Waals surface area contributed by atoms with Crippen LogP contribution < -0.4 is 5.32 Å². The van der Waals surface area contributed by atoms with E-state index in [1.807, 2.05) is 42.2 Å². The molecule has 4 rings (SSSR count). The summed E-state index contributed by atoms with van der Waals surface area (Å²) in [4.78, 5) is 11.6. The largest absolute Gasteiger partial charge is 0.357 e. The Hall–Kier alpha value is -2.14. The maximum absolute atomic E-state index is 6.05. The first-order valence-electron chi connectivity index (χ1n) is 10.7. The van der Waals surface area contributed by atoms with E-state index in [0.29, 0.717) is 35.6 Å². The Morgan fingerprint density at radius 2 is 2.25 bits per heavy atom. The van der Waals surface area contributed by atoms with Crippen LogP contribution in [0.1, 0.15) is 24.8 Å². The molecular formula is C22H29ClIN7O. The molecule has 3 heterocycles. The highest BCUT2D eigenvalue weighted by molar-refractivity contribution is 14.0. The minimum atomic E-state index is 0. The second-order valence-electron chi connectivity index (χ2n) is 7.83. The van der Waals surface area contributed by atoms with Crippen LogP contribution in [0, 0.1) is 5.92 Å². The van der Waals surface area contributed by atoms with Gasteiger partial charge in [-0.2, -0.15) is 10.1 Å². The van der Waals surface area contributed by atoms with E-state index in [1.54, 1.807) is 0 Å². The number of aromatic nitrogens is 4. The van der Waals surface area contributed by atoms with Gasteiger partial charge in [-0.3, -0.25) is 9.67 Å². The number of benzene rings is 1. The molecule has 1 N–H and O–H groups in total. The van der Waals surface area contributed by atoms with Crippen molar-refractivity contribution in [1.29, 1.82) is 0 Å². The predicted octanol–water partition coefficient (Wildman–Crippen LogP) is 3.81. The van der Waals surface area contributed by atoms with Crippen LogP contribution in [0.4, 0.5) is 0 Å². The van der Waals surface area contributed by atoms with Gasteiger partial charge in [-0.05, 0) is 43.4 Å². The molecule has 0 radical (unpaired) electrons. The van der Waals surface area contributed by atoms with E-state index in [0.717, 1.165) is 44.0 Å². The predicted molar refractivity (Wildman–Crippen MR) is 136 cm³/mol. The average Bonchev–Trinajstić information content (AvgIpc) is 3.49. The topological polar surface area (TPSA) is 84.4 Å². The molecule has 172 valence electrons. The lowest BCUT2D eigenvalue weighted by atomic mass is 10.0. The van der Waals surface area contributed by atoms with Gasteiger partial charge in [0.2, 0.25) is 11.7 Å². The number of aryl methyl sites for hydroxylation is 1. The number of nitrogens with zero attached hydrogens (tertiary/aromatic N) is 6. The van der Waals surface area contributed by atoms with Gasteiger partial charge < -0.3 is 14.7 Å². The molecule has 1 aliphatic heterocycles. The molecule has 2 aromatic heterocycles. The van der Waals surface area contributed by atoms with Crippen molar-refractivity contribution in [3.8, 4) is 11.4 Å². The number of halogens is 2. The second kappa shape index (κ2) is 11.6. The minimum absolute atomic E-state index is 0. The van der Waals surface area contributed by atoms with E-state index in [4.69, 9.17) is 21.1 Å². The molecule has 0 bridgehead atoms. The number of guanidine groups is 1. The van der Waals surface area contributed by atoms with E-state index < -0.39 is 0 Å². The van der Waals surface area contributed by atoms with E-state index in [9.17, 15) is 0 Å². The zero-order valence-electron chi connectivity index (χ0n) is 18.4. The second-order valence-corrected chi connectivity index (χ2v) is 8.27. The monoisotopic (exact) mass is 569 g/mol. The summed E-state index contributed by atoms with van der Waals surface area (Å²) in [5.74, 6) is 2.69. The Labute approximate surface area is 210 Å². The van der Waals surface area contributed by atoms with E-state index in [2.05, 4.69) is 38.6 Å². The van der Waals surface area contributed by atoms with Crippen molar-refractivity contribution in [2.45, 2.75) is 26.2 Å². The summed E-state index contributed by atoms with van der Waals surface area (Å²) in [6, 6.07) is 7.44. The Bertz CT molecular complexity index is 1030. The van der Waals surface area contributed by atoms with Crippen LogP contribution >= 0.6 is 35.6 Å². The smallest absolute Gasteiger partial charge is 0.228 e. The van der Waals surface area contributed by atoms with Crippen molar-refractivity contribution in [2.24, 2.45) is 18.0 Å². The first kappa shape index (κ1) is 24.5. The number of hydrogen-bond acceptors (Lipinski definition) is 5. The third kappa shape index (κ3) is 6.44. The summed E-state index contributed by atoms with van der Waals surface area (Å²) in [7, 11) is 1.96. The van der Waals surface area contributed by atoms with Crippen LogP contribution in [0.3, 0.4) is 0 Å². The van der Waals surface area contributed by atoms with Crippen molar-refractivity contribution < 1.29 is 4.52 Å². The van der Waals surface area contributed by atoms with Gasteiger partial charge in [0.25, 0.3) is 0 Å². The maximum atomic E-state index is 6.05. The fourth-order valence-electron chi connectivity index (χ4n) is 3.89. The number of hydrogen-bond donors (Lipinski definition) is 1. The molecule has 1 aromatic carbocycles. The van der Waals surface area contributed by atoms with E-state index >= 15 is 0 Å². The lowest BCUT2D eigenvalue weighted by molar-refractivity contribution is 0.380. The number of aliphatic imine (C=N–C) groups is 1. The van der Waals surface area contributed by atoms with Crippen molar-refractivity contribution in [3.05, 3.63) is 53.1 Å². The highest BCUT2D eigenvalue weighted by Crippen LogP contribution is 2.21. The lowest BCUT2D eigenvalue weighted by Gasteiger charge is -2.21. The van der Waals surface area contributed by atoms with Gasteiger partial charge in [0, 0.05) is 49.9 Å². The van der Waals surface area contributed by atoms with Gasteiger partial charge in [-0.15, -0.1) is 24.0 Å². The molecule has 1 saturated heterocycles. The summed E-state index contributed by atoms with van der Waals surface area (Å²) in [6.45, 7) is 5.52. The molecule has 8 nitrogen and oxygen atoms in total. The molecule has 1 fully saturated rings. The van der Waals surface area contributed by atoms with Crippen LogP contribution in [-0.4, -0.2) is 57.0 Å². The van der Waals surface area contributed by atoms with E-state index in [-0.39, 0.29) is 24.0 Å². The van der Waals surface area contributed by atoms with Crippen molar-refractivity contribution in [2.75, 3.05) is 26.2 Å². The first-order valence-corrected chi connectivity index (χ1v) is 11.1. The highest BCUT2D eigenvalue weighted by Gasteiger charge is 2.25. The zero-order valence-corrected chi connectivity index (χ0v) is 21.5. The minimum Gasteiger partial charge on any atom is -0.357 e. The average molecular weight is 570 g/mol. The lowest BCUT2D eigenvalue weighted by Crippen LogP contribution is -2.40. The molecule has 32 heavy (non-hydrogen) atoms. The van der Waals surface area contributed by atoms with Crippen LogP contribution in [0.2, 0.25) is 5.02 Å². The molecule has 1 aliphatic rings. The van der Waals surface area contributed by atoms with Crippen molar-refractivity contribution >= 4 is 41.5 Å². The van der Waals surface area contributed by atoms with Gasteiger partial charge >= 0.3 is 0 Å². The molecule has 0 amide bonds. The SMILES string of the molecule is CCNC(=NCCc1nc(-c2cccc(Cl)c2)no1)N1CCC(Cc2cnn(C)c2)C1.I. The quantitative estimate of drug-likeness (QED) is 0.265. The summed E-state index contributed by atoms with van der Waals surface area (Å²) in [5, 5.41) is 12.4. The number of nitrogens with one attached hydrogen (secondary N) is 1. The highest BCUT2D eigenvalue weighted by atomic mass is 127. The van der Waals surface area contributed by atoms with Crippen LogP contribution in [-0.2, 0) is 19.9 Å². The summed E-state index contributed by atoms with van der Waals surface area (Å²) < 4.78 is 7.26. The third-order valence-electron chi connectivity index (χ3n) is 5.34. The van der Waals surface area contributed by atoms with Gasteiger partial charge in [-0.25, -0.2) is 0 Å². The van der Waals surface area contributed by atoms with Gasteiger partial charge in [0.05, 0.1) is 12.7 Å².